The van der Waals surface area contributed by atoms with Crippen LogP contribution in [0.25, 0.3) is 0 Å². The van der Waals surface area contributed by atoms with Crippen LogP contribution >= 0.6 is 11.8 Å². The third kappa shape index (κ3) is 3.05. The first-order valence-corrected chi connectivity index (χ1v) is 6.71. The maximum absolute atomic E-state index is 11.6. The molecule has 0 unspecified atom stereocenters. The Balaban J connectivity index is 2.21. The molecule has 0 bridgehead atoms. The summed E-state index contributed by atoms with van der Waals surface area (Å²) in [5.41, 5.74) is 5.89. The summed E-state index contributed by atoms with van der Waals surface area (Å²) >= 11 is 1.40. The fraction of sp³-hybridized carbons (Fsp3) is 0.250. The molecule has 1 heterocycles. The molecule has 0 aliphatic rings. The Morgan fingerprint density at radius 3 is 2.74 bits per heavy atom. The molecule has 2 aromatic rings. The van der Waals surface area contributed by atoms with Crippen molar-refractivity contribution in [3.63, 3.8) is 0 Å². The van der Waals surface area contributed by atoms with Crippen LogP contribution < -0.4 is 11.4 Å². The largest absolute Gasteiger partial charge is 0.384 e. The van der Waals surface area contributed by atoms with E-state index in [-0.39, 0.29) is 11.5 Å². The van der Waals surface area contributed by atoms with Gasteiger partial charge in [0.15, 0.2) is 5.16 Å². The molecule has 6 nitrogen and oxygen atoms in total. The molecule has 1 aromatic heterocycles. The second-order valence-corrected chi connectivity index (χ2v) is 5.04. The Morgan fingerprint density at radius 1 is 1.47 bits per heavy atom. The van der Waals surface area contributed by atoms with Crippen LogP contribution in [0.2, 0.25) is 0 Å². The molecule has 0 fully saturated rings. The van der Waals surface area contributed by atoms with Gasteiger partial charge < -0.3 is 5.73 Å². The predicted octanol–water partition coefficient (Wildman–Crippen LogP) is 1.42. The van der Waals surface area contributed by atoms with Crippen molar-refractivity contribution in [1.82, 2.24) is 14.8 Å². The van der Waals surface area contributed by atoms with E-state index in [0.717, 1.165) is 11.3 Å². The van der Waals surface area contributed by atoms with Crippen molar-refractivity contribution >= 4 is 17.6 Å². The van der Waals surface area contributed by atoms with Crippen LogP contribution in [0.5, 0.6) is 0 Å². The molecule has 0 saturated carbocycles. The molecule has 0 saturated heterocycles. The number of H-pyrrole nitrogens is 1. The Labute approximate surface area is 114 Å². The van der Waals surface area contributed by atoms with E-state index in [4.69, 9.17) is 11.1 Å². The first kappa shape index (κ1) is 13.4. The molecule has 1 aromatic carbocycles. The van der Waals surface area contributed by atoms with E-state index in [0.29, 0.717) is 17.3 Å². The van der Waals surface area contributed by atoms with Crippen molar-refractivity contribution in [1.29, 1.82) is 5.41 Å². The zero-order valence-electron chi connectivity index (χ0n) is 10.5. The molecule has 0 aliphatic heterocycles. The second kappa shape index (κ2) is 5.75. The van der Waals surface area contributed by atoms with E-state index in [1.165, 1.54) is 11.8 Å². The van der Waals surface area contributed by atoms with Crippen molar-refractivity contribution in [3.8, 4) is 0 Å². The van der Waals surface area contributed by atoms with E-state index < -0.39 is 0 Å². The number of nitrogens with zero attached hydrogens (tertiary/aromatic N) is 2. The number of aromatic nitrogens is 3. The summed E-state index contributed by atoms with van der Waals surface area (Å²) in [5, 5.41) is 14.4. The topological polar surface area (TPSA) is 101 Å². The van der Waals surface area contributed by atoms with Crippen LogP contribution in [-0.2, 0) is 6.54 Å². The lowest BCUT2D eigenvalue weighted by atomic mass is 10.2. The van der Waals surface area contributed by atoms with Crippen LogP contribution in [0.4, 0.5) is 0 Å². The summed E-state index contributed by atoms with van der Waals surface area (Å²) in [5.74, 6) is 0.0409. The molecule has 7 heteroatoms. The highest BCUT2D eigenvalue weighted by Gasteiger charge is 2.09. The summed E-state index contributed by atoms with van der Waals surface area (Å²) in [6.45, 7) is 2.65. The number of nitrogen functional groups attached to an aromatic ring is 1. The molecular formula is C12H15N5OS. The van der Waals surface area contributed by atoms with Crippen LogP contribution in [0, 0.1) is 5.41 Å². The summed E-state index contributed by atoms with van der Waals surface area (Å²) in [6.07, 6.45) is 0.871. The number of hydrogen-bond donors (Lipinski definition) is 3. The van der Waals surface area contributed by atoms with Crippen LogP contribution in [0.1, 0.15) is 18.9 Å². The van der Waals surface area contributed by atoms with Crippen molar-refractivity contribution < 1.29 is 0 Å². The smallest absolute Gasteiger partial charge is 0.343 e. The number of nitrogens with two attached hydrogens (primary N) is 1. The number of hydrogen-bond acceptors (Lipinski definition) is 4. The molecule has 0 atom stereocenters. The quantitative estimate of drug-likeness (QED) is 0.568. The zero-order chi connectivity index (χ0) is 13.8. The Kier molecular flexibility index (Phi) is 4.06. The SMILES string of the molecule is CCCn1c(Sc2ccc(C(=N)N)cc2)n[nH]c1=O. The Hall–Kier alpha value is -2.02. The molecule has 4 N–H and O–H groups in total. The first-order valence-electron chi connectivity index (χ1n) is 5.89. The monoisotopic (exact) mass is 277 g/mol. The lowest BCUT2D eigenvalue weighted by Gasteiger charge is -2.04. The van der Waals surface area contributed by atoms with E-state index >= 15 is 0 Å². The molecule has 19 heavy (non-hydrogen) atoms. The molecule has 0 radical (unpaired) electrons. The Bertz CT molecular complexity index is 628. The number of rotatable bonds is 5. The molecule has 0 amide bonds. The summed E-state index contributed by atoms with van der Waals surface area (Å²) < 4.78 is 1.61. The maximum Gasteiger partial charge on any atom is 0.343 e. The predicted molar refractivity (Wildman–Crippen MR) is 74.7 cm³/mol. The van der Waals surface area contributed by atoms with Gasteiger partial charge in [-0.3, -0.25) is 9.98 Å². The van der Waals surface area contributed by atoms with Crippen molar-refractivity contribution in [2.45, 2.75) is 29.9 Å². The Morgan fingerprint density at radius 2 is 2.16 bits per heavy atom. The standard InChI is InChI=1S/C12H15N5OS/c1-2-7-17-11(18)15-16-12(17)19-9-5-3-8(4-6-9)10(13)14/h3-6H,2,7H2,1H3,(H3,13,14)(H,15,18). The minimum Gasteiger partial charge on any atom is -0.384 e. The van der Waals surface area contributed by atoms with Gasteiger partial charge in [0.2, 0.25) is 0 Å². The number of aromatic amines is 1. The highest BCUT2D eigenvalue weighted by Crippen LogP contribution is 2.25. The number of amidine groups is 1. The second-order valence-electron chi connectivity index (χ2n) is 4.00. The van der Waals surface area contributed by atoms with Crippen LogP contribution in [0.3, 0.4) is 0 Å². The summed E-state index contributed by atoms with van der Waals surface area (Å²) in [7, 11) is 0. The van der Waals surface area contributed by atoms with E-state index in [9.17, 15) is 4.79 Å². The fourth-order valence-electron chi connectivity index (χ4n) is 1.61. The van der Waals surface area contributed by atoms with E-state index in [2.05, 4.69) is 10.2 Å². The van der Waals surface area contributed by atoms with E-state index in [1.807, 2.05) is 19.1 Å². The molecule has 0 aliphatic carbocycles. The van der Waals surface area contributed by atoms with Gasteiger partial charge in [0, 0.05) is 17.0 Å². The van der Waals surface area contributed by atoms with Crippen molar-refractivity contribution in [2.24, 2.45) is 5.73 Å². The average Bonchev–Trinajstić information content (AvgIpc) is 2.73. The average molecular weight is 277 g/mol. The van der Waals surface area contributed by atoms with Gasteiger partial charge in [0.25, 0.3) is 0 Å². The van der Waals surface area contributed by atoms with Gasteiger partial charge in [0.1, 0.15) is 5.84 Å². The fourth-order valence-corrected chi connectivity index (χ4v) is 2.47. The van der Waals surface area contributed by atoms with Gasteiger partial charge >= 0.3 is 5.69 Å². The van der Waals surface area contributed by atoms with Gasteiger partial charge in [0.05, 0.1) is 0 Å². The first-order chi connectivity index (χ1) is 9.11. The summed E-state index contributed by atoms with van der Waals surface area (Å²) in [6, 6.07) is 7.27. The molecule has 100 valence electrons. The molecule has 0 spiro atoms. The zero-order valence-corrected chi connectivity index (χ0v) is 11.3. The van der Waals surface area contributed by atoms with E-state index in [1.54, 1.807) is 16.7 Å². The van der Waals surface area contributed by atoms with Gasteiger partial charge in [-0.2, -0.15) is 0 Å². The number of nitrogens with one attached hydrogen (secondary N) is 2. The highest BCUT2D eigenvalue weighted by molar-refractivity contribution is 7.99. The van der Waals surface area contributed by atoms with Gasteiger partial charge in [-0.1, -0.05) is 19.1 Å². The van der Waals surface area contributed by atoms with Gasteiger partial charge in [-0.25, -0.2) is 9.89 Å². The minimum absolute atomic E-state index is 0.0409. The van der Waals surface area contributed by atoms with Crippen LogP contribution in [0.15, 0.2) is 39.1 Å². The maximum atomic E-state index is 11.6. The lowest BCUT2D eigenvalue weighted by Crippen LogP contribution is -2.17. The highest BCUT2D eigenvalue weighted by atomic mass is 32.2. The van der Waals surface area contributed by atoms with Gasteiger partial charge in [-0.05, 0) is 30.3 Å². The third-order valence-corrected chi connectivity index (χ3v) is 3.55. The third-order valence-electron chi connectivity index (χ3n) is 2.54. The lowest BCUT2D eigenvalue weighted by molar-refractivity contribution is 0.604. The van der Waals surface area contributed by atoms with Crippen LogP contribution in [-0.4, -0.2) is 20.6 Å². The van der Waals surface area contributed by atoms with Gasteiger partial charge in [-0.15, -0.1) is 5.10 Å². The molecular weight excluding hydrogens is 262 g/mol. The van der Waals surface area contributed by atoms with Crippen molar-refractivity contribution in [3.05, 3.63) is 40.3 Å². The normalized spacial score (nSPS) is 10.6. The minimum atomic E-state index is -0.190. The van der Waals surface area contributed by atoms with Crippen molar-refractivity contribution in [2.75, 3.05) is 0 Å². The molecule has 2 rings (SSSR count). The summed E-state index contributed by atoms with van der Waals surface area (Å²) in [4.78, 5) is 12.5. The number of benzene rings is 1.